The minimum Gasteiger partial charge on any atom is -0.484 e. The lowest BCUT2D eigenvalue weighted by Crippen LogP contribution is -2.38. The summed E-state index contributed by atoms with van der Waals surface area (Å²) in [5.41, 5.74) is 3.24. The molecule has 2 aromatic carbocycles. The van der Waals surface area contributed by atoms with Crippen LogP contribution in [0.15, 0.2) is 47.3 Å². The minimum atomic E-state index is -0.151. The Morgan fingerprint density at radius 2 is 1.96 bits per heavy atom. The maximum absolute atomic E-state index is 12.6. The molecule has 3 aromatic rings. The number of nitrogens with one attached hydrogen (secondary N) is 1. The fourth-order valence-electron chi connectivity index (χ4n) is 4.23. The molecule has 0 fully saturated rings. The van der Waals surface area contributed by atoms with Gasteiger partial charge in [-0.15, -0.1) is 0 Å². The van der Waals surface area contributed by atoms with Crippen LogP contribution in [0.4, 0.5) is 0 Å². The Balaban J connectivity index is 1.25. The van der Waals surface area contributed by atoms with Gasteiger partial charge in [0.05, 0.1) is 10.9 Å². The van der Waals surface area contributed by atoms with Crippen molar-refractivity contribution in [2.75, 3.05) is 6.61 Å². The van der Waals surface area contributed by atoms with Crippen LogP contribution in [-0.2, 0) is 30.6 Å². The van der Waals surface area contributed by atoms with E-state index in [1.807, 2.05) is 12.1 Å². The Morgan fingerprint density at radius 1 is 1.18 bits per heavy atom. The Labute approximate surface area is 162 Å². The van der Waals surface area contributed by atoms with E-state index < -0.39 is 0 Å². The molecular formula is C22H21N3O3. The number of carbonyl (C=O) groups is 1. The van der Waals surface area contributed by atoms with Gasteiger partial charge in [0, 0.05) is 19.0 Å². The second-order valence-electron chi connectivity index (χ2n) is 7.50. The summed E-state index contributed by atoms with van der Waals surface area (Å²) in [5.74, 6) is 1.21. The molecule has 2 aliphatic rings. The number of amides is 1. The first-order chi connectivity index (χ1) is 13.7. The lowest BCUT2D eigenvalue weighted by molar-refractivity contribution is -0.123. The van der Waals surface area contributed by atoms with Crippen LogP contribution in [0.1, 0.15) is 23.4 Å². The van der Waals surface area contributed by atoms with Gasteiger partial charge in [-0.1, -0.05) is 24.3 Å². The standard InChI is InChI=1S/C22H21N3O3/c26-21(23-16-10-14-4-1-2-5-15(14)11-16)13-28-17-7-8-19-18(12-17)22(27)25-9-3-6-20(25)24-19/h1-2,4-5,7-8,12,16H,3,6,9-11,13H2,(H,23,26). The van der Waals surface area contributed by atoms with Gasteiger partial charge in [-0.3, -0.25) is 14.2 Å². The van der Waals surface area contributed by atoms with Gasteiger partial charge >= 0.3 is 0 Å². The zero-order chi connectivity index (χ0) is 19.1. The molecule has 0 saturated carbocycles. The van der Waals surface area contributed by atoms with Gasteiger partial charge in [0.2, 0.25) is 0 Å². The molecule has 0 unspecified atom stereocenters. The second kappa shape index (κ2) is 6.78. The maximum atomic E-state index is 12.6. The SMILES string of the molecule is O=C(COc1ccc2nc3n(c(=O)c2c1)CCC3)NC1Cc2ccccc2C1. The number of carbonyl (C=O) groups excluding carboxylic acids is 1. The Hall–Kier alpha value is -3.15. The third kappa shape index (κ3) is 3.05. The van der Waals surface area contributed by atoms with Crippen LogP contribution in [0, 0.1) is 0 Å². The summed E-state index contributed by atoms with van der Waals surface area (Å²) in [7, 11) is 0. The van der Waals surface area contributed by atoms with Crippen molar-refractivity contribution in [3.05, 3.63) is 69.8 Å². The van der Waals surface area contributed by atoms with Crippen LogP contribution in [0.3, 0.4) is 0 Å². The van der Waals surface area contributed by atoms with E-state index in [1.54, 1.807) is 22.8 Å². The molecular weight excluding hydrogens is 354 g/mol. The number of hydrogen-bond acceptors (Lipinski definition) is 4. The number of aryl methyl sites for hydroxylation is 1. The number of rotatable bonds is 4. The normalized spacial score (nSPS) is 15.4. The highest BCUT2D eigenvalue weighted by atomic mass is 16.5. The van der Waals surface area contributed by atoms with E-state index in [1.165, 1.54) is 11.1 Å². The first-order valence-corrected chi connectivity index (χ1v) is 9.70. The summed E-state index contributed by atoms with van der Waals surface area (Å²) in [6, 6.07) is 13.6. The van der Waals surface area contributed by atoms with Crippen LogP contribution in [0.25, 0.3) is 10.9 Å². The largest absolute Gasteiger partial charge is 0.484 e. The van der Waals surface area contributed by atoms with Gasteiger partial charge in [-0.25, -0.2) is 4.98 Å². The molecule has 0 saturated heterocycles. The highest BCUT2D eigenvalue weighted by Crippen LogP contribution is 2.22. The van der Waals surface area contributed by atoms with Crippen molar-refractivity contribution in [1.29, 1.82) is 0 Å². The van der Waals surface area contributed by atoms with E-state index in [-0.39, 0.29) is 24.1 Å². The smallest absolute Gasteiger partial charge is 0.261 e. The van der Waals surface area contributed by atoms with E-state index in [9.17, 15) is 9.59 Å². The van der Waals surface area contributed by atoms with Crippen molar-refractivity contribution in [2.24, 2.45) is 0 Å². The van der Waals surface area contributed by atoms with E-state index in [2.05, 4.69) is 22.4 Å². The van der Waals surface area contributed by atoms with Crippen molar-refractivity contribution in [3.63, 3.8) is 0 Å². The summed E-state index contributed by atoms with van der Waals surface area (Å²) in [6.07, 6.45) is 3.50. The summed E-state index contributed by atoms with van der Waals surface area (Å²) in [4.78, 5) is 29.5. The minimum absolute atomic E-state index is 0.0314. The maximum Gasteiger partial charge on any atom is 0.261 e. The number of benzene rings is 2. The molecule has 0 radical (unpaired) electrons. The van der Waals surface area contributed by atoms with E-state index in [0.717, 1.165) is 31.5 Å². The molecule has 28 heavy (non-hydrogen) atoms. The molecule has 0 atom stereocenters. The summed E-state index contributed by atoms with van der Waals surface area (Å²) in [5, 5.41) is 3.57. The lowest BCUT2D eigenvalue weighted by Gasteiger charge is -2.13. The van der Waals surface area contributed by atoms with Gasteiger partial charge in [-0.05, 0) is 48.6 Å². The average molecular weight is 375 g/mol. The Morgan fingerprint density at radius 3 is 2.75 bits per heavy atom. The fourth-order valence-corrected chi connectivity index (χ4v) is 4.23. The van der Waals surface area contributed by atoms with E-state index in [4.69, 9.17) is 4.74 Å². The van der Waals surface area contributed by atoms with Crippen LogP contribution in [0.2, 0.25) is 0 Å². The molecule has 6 heteroatoms. The summed E-state index contributed by atoms with van der Waals surface area (Å²) < 4.78 is 7.38. The molecule has 1 N–H and O–H groups in total. The van der Waals surface area contributed by atoms with Crippen molar-refractivity contribution in [1.82, 2.24) is 14.9 Å². The Bertz CT molecular complexity index is 1110. The summed E-state index contributed by atoms with van der Waals surface area (Å²) >= 11 is 0. The molecule has 1 aliphatic carbocycles. The Kier molecular flexibility index (Phi) is 4.11. The van der Waals surface area contributed by atoms with E-state index >= 15 is 0 Å². The zero-order valence-electron chi connectivity index (χ0n) is 15.5. The van der Waals surface area contributed by atoms with Crippen LogP contribution in [-0.4, -0.2) is 28.1 Å². The number of fused-ring (bicyclic) bond motifs is 3. The molecule has 6 nitrogen and oxygen atoms in total. The number of ether oxygens (including phenoxy) is 1. The average Bonchev–Trinajstić information content (AvgIpc) is 3.33. The van der Waals surface area contributed by atoms with Crippen LogP contribution in [0.5, 0.6) is 5.75 Å². The van der Waals surface area contributed by atoms with Crippen molar-refractivity contribution in [3.8, 4) is 5.75 Å². The van der Waals surface area contributed by atoms with Crippen LogP contribution < -0.4 is 15.6 Å². The fraction of sp³-hybridized carbons (Fsp3) is 0.318. The quantitative estimate of drug-likeness (QED) is 0.757. The van der Waals surface area contributed by atoms with Crippen molar-refractivity contribution < 1.29 is 9.53 Å². The molecule has 142 valence electrons. The number of nitrogens with zero attached hydrogens (tertiary/aromatic N) is 2. The monoisotopic (exact) mass is 375 g/mol. The second-order valence-corrected chi connectivity index (χ2v) is 7.50. The third-order valence-corrected chi connectivity index (χ3v) is 5.57. The molecule has 1 aromatic heterocycles. The zero-order valence-corrected chi connectivity index (χ0v) is 15.5. The highest BCUT2D eigenvalue weighted by molar-refractivity contribution is 5.80. The van der Waals surface area contributed by atoms with Gasteiger partial charge in [0.1, 0.15) is 11.6 Å². The predicted molar refractivity (Wildman–Crippen MR) is 106 cm³/mol. The molecule has 0 spiro atoms. The van der Waals surface area contributed by atoms with Gasteiger partial charge in [0.25, 0.3) is 11.5 Å². The predicted octanol–water partition coefficient (Wildman–Crippen LogP) is 2.01. The molecule has 1 amide bonds. The van der Waals surface area contributed by atoms with Gasteiger partial charge in [-0.2, -0.15) is 0 Å². The third-order valence-electron chi connectivity index (χ3n) is 5.57. The van der Waals surface area contributed by atoms with Crippen molar-refractivity contribution >= 4 is 16.8 Å². The van der Waals surface area contributed by atoms with Crippen molar-refractivity contribution in [2.45, 2.75) is 38.3 Å². The number of aromatic nitrogens is 2. The van der Waals surface area contributed by atoms with E-state index in [0.29, 0.717) is 23.2 Å². The molecule has 5 rings (SSSR count). The molecule has 1 aliphatic heterocycles. The first-order valence-electron chi connectivity index (χ1n) is 9.70. The van der Waals surface area contributed by atoms with Crippen LogP contribution >= 0.6 is 0 Å². The topological polar surface area (TPSA) is 73.2 Å². The van der Waals surface area contributed by atoms with Gasteiger partial charge in [0.15, 0.2) is 6.61 Å². The highest BCUT2D eigenvalue weighted by Gasteiger charge is 2.22. The first kappa shape index (κ1) is 17.0. The summed E-state index contributed by atoms with van der Waals surface area (Å²) in [6.45, 7) is 0.645. The number of hydrogen-bond donors (Lipinski definition) is 1. The van der Waals surface area contributed by atoms with Gasteiger partial charge < -0.3 is 10.1 Å². The molecule has 2 heterocycles. The molecule has 0 bridgehead atoms. The lowest BCUT2D eigenvalue weighted by atomic mass is 10.1.